The molecule has 2 aromatic rings. The second-order valence-electron chi connectivity index (χ2n) is 6.10. The molecule has 0 radical (unpaired) electrons. The predicted molar refractivity (Wildman–Crippen MR) is 83.1 cm³/mol. The van der Waals surface area contributed by atoms with Crippen LogP contribution in [0.2, 0.25) is 0 Å². The van der Waals surface area contributed by atoms with Crippen LogP contribution < -0.4 is 0 Å². The molecule has 3 rings (SSSR count). The summed E-state index contributed by atoms with van der Waals surface area (Å²) in [5, 5.41) is 10.6. The van der Waals surface area contributed by atoms with Crippen LogP contribution in [0.5, 0.6) is 0 Å². The van der Waals surface area contributed by atoms with E-state index in [0.29, 0.717) is 13.1 Å². The zero-order valence-corrected chi connectivity index (χ0v) is 12.8. The third-order valence-electron chi connectivity index (χ3n) is 4.27. The Balaban J connectivity index is 1.72. The summed E-state index contributed by atoms with van der Waals surface area (Å²) >= 11 is 0. The van der Waals surface area contributed by atoms with Crippen molar-refractivity contribution < 1.29 is 14.3 Å². The van der Waals surface area contributed by atoms with Gasteiger partial charge in [-0.15, -0.1) is 0 Å². The minimum absolute atomic E-state index is 0.0251. The van der Waals surface area contributed by atoms with Crippen molar-refractivity contribution in [2.45, 2.75) is 38.3 Å². The summed E-state index contributed by atoms with van der Waals surface area (Å²) in [5.74, 6) is 0.952. The monoisotopic (exact) mass is 299 g/mol. The van der Waals surface area contributed by atoms with Crippen molar-refractivity contribution in [1.82, 2.24) is 4.90 Å². The van der Waals surface area contributed by atoms with Crippen LogP contribution in [0.1, 0.15) is 36.7 Å². The van der Waals surface area contributed by atoms with Crippen molar-refractivity contribution in [1.29, 1.82) is 0 Å². The Hall–Kier alpha value is -2.07. The lowest BCUT2D eigenvalue weighted by Crippen LogP contribution is -2.36. The molecule has 1 N–H and O–H groups in total. The molecule has 0 saturated carbocycles. The van der Waals surface area contributed by atoms with E-state index in [1.54, 1.807) is 13.2 Å². The number of hydrogen-bond acceptors (Lipinski definition) is 3. The number of furan rings is 1. The largest absolute Gasteiger partial charge is 0.469 e. The Morgan fingerprint density at radius 3 is 2.86 bits per heavy atom. The minimum atomic E-state index is -1.15. The first-order valence-electron chi connectivity index (χ1n) is 7.67. The molecule has 1 aromatic carbocycles. The summed E-state index contributed by atoms with van der Waals surface area (Å²) < 4.78 is 5.45. The lowest BCUT2D eigenvalue weighted by atomic mass is 9.92. The highest BCUT2D eigenvalue weighted by Crippen LogP contribution is 2.27. The van der Waals surface area contributed by atoms with Gasteiger partial charge in [-0.2, -0.15) is 0 Å². The van der Waals surface area contributed by atoms with E-state index in [1.807, 2.05) is 41.3 Å². The van der Waals surface area contributed by atoms with Crippen molar-refractivity contribution in [3.8, 4) is 0 Å². The smallest absolute Gasteiger partial charge is 0.226 e. The zero-order valence-electron chi connectivity index (χ0n) is 12.8. The molecule has 1 unspecified atom stereocenters. The van der Waals surface area contributed by atoms with E-state index < -0.39 is 5.60 Å². The summed E-state index contributed by atoms with van der Waals surface area (Å²) in [7, 11) is 0. The summed E-state index contributed by atoms with van der Waals surface area (Å²) in [6, 6.07) is 11.3. The number of rotatable bonds is 3. The summed E-state index contributed by atoms with van der Waals surface area (Å²) in [6.07, 6.45) is 3.52. The zero-order chi connectivity index (χ0) is 15.6. The quantitative estimate of drug-likeness (QED) is 0.948. The van der Waals surface area contributed by atoms with E-state index in [-0.39, 0.29) is 12.3 Å². The number of benzene rings is 1. The molecule has 1 aliphatic rings. The molecular weight excluding hydrogens is 278 g/mol. The van der Waals surface area contributed by atoms with Gasteiger partial charge in [0.2, 0.25) is 5.91 Å². The van der Waals surface area contributed by atoms with E-state index in [4.69, 9.17) is 4.42 Å². The van der Waals surface area contributed by atoms with Gasteiger partial charge >= 0.3 is 0 Å². The standard InChI is InChI=1S/C18H21NO3/c1-18(21,15-6-3-2-4-7-15)12-17(20)19-10-5-8-16-14(13-19)9-11-22-16/h2-4,6-7,9,11,21H,5,8,10,12-13H2,1H3. The Bertz CT molecular complexity index is 645. The van der Waals surface area contributed by atoms with Gasteiger partial charge in [-0.05, 0) is 25.0 Å². The third-order valence-corrected chi connectivity index (χ3v) is 4.27. The topological polar surface area (TPSA) is 53.7 Å². The fourth-order valence-corrected chi connectivity index (χ4v) is 2.96. The second-order valence-corrected chi connectivity index (χ2v) is 6.10. The molecule has 4 nitrogen and oxygen atoms in total. The number of carbonyl (C=O) groups excluding carboxylic acids is 1. The molecule has 22 heavy (non-hydrogen) atoms. The maximum Gasteiger partial charge on any atom is 0.226 e. The van der Waals surface area contributed by atoms with E-state index >= 15 is 0 Å². The van der Waals surface area contributed by atoms with Gasteiger partial charge in [-0.1, -0.05) is 30.3 Å². The SMILES string of the molecule is CC(O)(CC(=O)N1CCCc2occc2C1)c1ccccc1. The Kier molecular flexibility index (Phi) is 4.03. The fourth-order valence-electron chi connectivity index (χ4n) is 2.96. The molecule has 0 bridgehead atoms. The maximum absolute atomic E-state index is 12.6. The van der Waals surface area contributed by atoms with Crippen LogP contribution in [0.4, 0.5) is 0 Å². The van der Waals surface area contributed by atoms with E-state index in [0.717, 1.165) is 29.7 Å². The van der Waals surface area contributed by atoms with Gasteiger partial charge in [0.05, 0.1) is 18.3 Å². The molecule has 0 fully saturated rings. The van der Waals surface area contributed by atoms with E-state index in [9.17, 15) is 9.90 Å². The van der Waals surface area contributed by atoms with Crippen LogP contribution in [0.3, 0.4) is 0 Å². The van der Waals surface area contributed by atoms with Crippen molar-refractivity contribution in [3.63, 3.8) is 0 Å². The highest BCUT2D eigenvalue weighted by Gasteiger charge is 2.30. The van der Waals surface area contributed by atoms with Crippen molar-refractivity contribution in [2.24, 2.45) is 0 Å². The number of hydrogen-bond donors (Lipinski definition) is 1. The van der Waals surface area contributed by atoms with Crippen LogP contribution in [-0.2, 0) is 23.4 Å². The number of aryl methyl sites for hydroxylation is 1. The Labute approximate surface area is 130 Å². The van der Waals surface area contributed by atoms with Crippen molar-refractivity contribution in [2.75, 3.05) is 6.54 Å². The normalized spacial score (nSPS) is 17.5. The third kappa shape index (κ3) is 3.07. The molecule has 1 aliphatic heterocycles. The molecule has 0 spiro atoms. The second kappa shape index (κ2) is 5.97. The molecule has 0 aliphatic carbocycles. The van der Waals surface area contributed by atoms with Crippen LogP contribution in [0.15, 0.2) is 47.1 Å². The highest BCUT2D eigenvalue weighted by molar-refractivity contribution is 5.77. The Morgan fingerprint density at radius 1 is 1.32 bits per heavy atom. The lowest BCUT2D eigenvalue weighted by Gasteiger charge is -2.28. The van der Waals surface area contributed by atoms with Crippen molar-refractivity contribution >= 4 is 5.91 Å². The number of nitrogens with zero attached hydrogens (tertiary/aromatic N) is 1. The predicted octanol–water partition coefficient (Wildman–Crippen LogP) is 2.85. The molecule has 0 saturated heterocycles. The average Bonchev–Trinajstić information content (AvgIpc) is 2.84. The van der Waals surface area contributed by atoms with Crippen molar-refractivity contribution in [3.05, 3.63) is 59.5 Å². The van der Waals surface area contributed by atoms with Crippen LogP contribution >= 0.6 is 0 Å². The molecule has 1 amide bonds. The first-order valence-corrected chi connectivity index (χ1v) is 7.67. The van der Waals surface area contributed by atoms with Gasteiger partial charge in [0.25, 0.3) is 0 Å². The number of fused-ring (bicyclic) bond motifs is 1. The van der Waals surface area contributed by atoms with E-state index in [2.05, 4.69) is 0 Å². The summed E-state index contributed by atoms with van der Waals surface area (Å²) in [5.41, 5.74) is 0.691. The molecule has 4 heteroatoms. The fraction of sp³-hybridized carbons (Fsp3) is 0.389. The first-order chi connectivity index (χ1) is 10.6. The minimum Gasteiger partial charge on any atom is -0.469 e. The van der Waals surface area contributed by atoms with Gasteiger partial charge in [0, 0.05) is 25.1 Å². The maximum atomic E-state index is 12.6. The molecule has 1 aromatic heterocycles. The van der Waals surface area contributed by atoms with Gasteiger partial charge in [-0.3, -0.25) is 4.79 Å². The first kappa shape index (κ1) is 14.9. The highest BCUT2D eigenvalue weighted by atomic mass is 16.3. The molecule has 116 valence electrons. The number of amides is 1. The summed E-state index contributed by atoms with van der Waals surface area (Å²) in [6.45, 7) is 2.96. The Morgan fingerprint density at radius 2 is 2.09 bits per heavy atom. The molecular formula is C18H21NO3. The van der Waals surface area contributed by atoms with Crippen LogP contribution in [-0.4, -0.2) is 22.5 Å². The van der Waals surface area contributed by atoms with Gasteiger partial charge in [0.15, 0.2) is 0 Å². The molecule has 2 heterocycles. The molecule has 1 atom stereocenters. The van der Waals surface area contributed by atoms with E-state index in [1.165, 1.54) is 0 Å². The van der Waals surface area contributed by atoms with Gasteiger partial charge < -0.3 is 14.4 Å². The van der Waals surface area contributed by atoms with Gasteiger partial charge in [0.1, 0.15) is 5.76 Å². The van der Waals surface area contributed by atoms with Gasteiger partial charge in [-0.25, -0.2) is 0 Å². The average molecular weight is 299 g/mol. The van der Waals surface area contributed by atoms with Crippen LogP contribution in [0.25, 0.3) is 0 Å². The van der Waals surface area contributed by atoms with Crippen LogP contribution in [0, 0.1) is 0 Å². The lowest BCUT2D eigenvalue weighted by molar-refractivity contribution is -0.136. The number of aliphatic hydroxyl groups is 1. The summed E-state index contributed by atoms with van der Waals surface area (Å²) in [4.78, 5) is 14.4. The number of carbonyl (C=O) groups is 1.